The average molecular weight is 362 g/mol. The van der Waals surface area contributed by atoms with Gasteiger partial charge in [0.15, 0.2) is 5.65 Å². The van der Waals surface area contributed by atoms with E-state index in [0.29, 0.717) is 12.6 Å². The van der Waals surface area contributed by atoms with Gasteiger partial charge in [0, 0.05) is 18.1 Å². The lowest BCUT2D eigenvalue weighted by Gasteiger charge is -2.27. The fraction of sp³-hybridized carbons (Fsp3) is 0.250. The Morgan fingerprint density at radius 2 is 2.00 bits per heavy atom. The van der Waals surface area contributed by atoms with Crippen LogP contribution in [0.15, 0.2) is 54.7 Å². The normalized spacial score (nSPS) is 17.2. The molecule has 0 unspecified atom stereocenters. The smallest absolute Gasteiger partial charge is 0.195 e. The molecule has 0 aliphatic carbocycles. The molecule has 1 saturated heterocycles. The minimum atomic E-state index is 0.335. The molecule has 0 bridgehead atoms. The van der Waals surface area contributed by atoms with Gasteiger partial charge in [-0.05, 0) is 30.4 Å². The molecule has 0 amide bonds. The summed E-state index contributed by atoms with van der Waals surface area (Å²) in [5, 5.41) is 2.37. The Kier molecular flexibility index (Phi) is 3.90. The Labute approximate surface area is 155 Å². The first kappa shape index (κ1) is 15.5. The Morgan fingerprint density at radius 3 is 3.00 bits per heavy atom. The van der Waals surface area contributed by atoms with E-state index in [2.05, 4.69) is 61.1 Å². The Bertz CT molecular complexity index is 1060. The van der Waals surface area contributed by atoms with E-state index >= 15 is 0 Å². The van der Waals surface area contributed by atoms with Gasteiger partial charge in [-0.15, -0.1) is 0 Å². The van der Waals surface area contributed by atoms with Gasteiger partial charge in [0.2, 0.25) is 0 Å². The highest BCUT2D eigenvalue weighted by atomic mass is 32.1. The number of aromatic nitrogens is 3. The van der Waals surface area contributed by atoms with Crippen molar-refractivity contribution in [2.24, 2.45) is 0 Å². The van der Waals surface area contributed by atoms with Crippen LogP contribution in [0, 0.1) is 0 Å². The molecule has 0 saturated carbocycles. The van der Waals surface area contributed by atoms with Gasteiger partial charge >= 0.3 is 0 Å². The highest BCUT2D eigenvalue weighted by Gasteiger charge is 2.27. The van der Waals surface area contributed by atoms with Crippen LogP contribution in [0.1, 0.15) is 12.8 Å². The fourth-order valence-electron chi connectivity index (χ4n) is 3.75. The van der Waals surface area contributed by atoms with Gasteiger partial charge in [-0.25, -0.2) is 4.98 Å². The second-order valence-electron chi connectivity index (χ2n) is 6.54. The van der Waals surface area contributed by atoms with Crippen molar-refractivity contribution in [1.82, 2.24) is 13.7 Å². The summed E-state index contributed by atoms with van der Waals surface area (Å²) >= 11 is 1.22. The van der Waals surface area contributed by atoms with Gasteiger partial charge in [-0.1, -0.05) is 36.4 Å². The highest BCUT2D eigenvalue weighted by Crippen LogP contribution is 2.31. The van der Waals surface area contributed by atoms with Crippen molar-refractivity contribution >= 4 is 39.4 Å². The predicted octanol–water partition coefficient (Wildman–Crippen LogP) is 4.29. The Hall–Kier alpha value is -2.73. The second kappa shape index (κ2) is 6.53. The largest absolute Gasteiger partial charge is 0.491 e. The topological polar surface area (TPSA) is 51.1 Å². The van der Waals surface area contributed by atoms with Crippen molar-refractivity contribution in [1.29, 1.82) is 0 Å². The molecule has 2 aromatic heterocycles. The van der Waals surface area contributed by atoms with Crippen molar-refractivity contribution in [3.8, 4) is 5.75 Å². The maximum absolute atomic E-state index is 6.26. The monoisotopic (exact) mass is 362 g/mol. The quantitative estimate of drug-likeness (QED) is 0.542. The summed E-state index contributed by atoms with van der Waals surface area (Å²) in [5.41, 5.74) is 2.75. The number of benzene rings is 2. The molecule has 1 aliphatic heterocycles. The van der Waals surface area contributed by atoms with Crippen LogP contribution in [0.2, 0.25) is 0 Å². The third-order valence-corrected chi connectivity index (χ3v) is 5.53. The maximum Gasteiger partial charge on any atom is 0.195 e. The highest BCUT2D eigenvalue weighted by molar-refractivity contribution is 7.00. The van der Waals surface area contributed by atoms with Crippen LogP contribution in [-0.2, 0) is 0 Å². The van der Waals surface area contributed by atoms with E-state index in [-0.39, 0.29) is 0 Å². The van der Waals surface area contributed by atoms with E-state index in [1.54, 1.807) is 0 Å². The number of nitrogens with zero attached hydrogens (tertiary/aromatic N) is 4. The standard InChI is InChI=1S/C20H18N4OS/c1-2-8-16-14(5-1)6-3-9-18(16)25-13-15-7-4-12-24(15)17-10-11-21-20-19(17)22-26-23-20/h1-3,5-6,8-11,15H,4,7,12-13H2/t15-/m1/s1. The zero-order valence-electron chi connectivity index (χ0n) is 14.2. The zero-order valence-corrected chi connectivity index (χ0v) is 15.0. The average Bonchev–Trinajstić information content (AvgIpc) is 3.35. The van der Waals surface area contributed by atoms with Crippen LogP contribution in [0.5, 0.6) is 5.75 Å². The molecule has 4 aromatic rings. The third-order valence-electron chi connectivity index (χ3n) is 5.01. The number of hydrogen-bond donors (Lipinski definition) is 0. The molecule has 1 aliphatic rings. The van der Waals surface area contributed by atoms with E-state index in [9.17, 15) is 0 Å². The minimum Gasteiger partial charge on any atom is -0.491 e. The molecular weight excluding hydrogens is 344 g/mol. The number of pyridine rings is 1. The van der Waals surface area contributed by atoms with E-state index in [1.165, 1.54) is 17.1 Å². The number of anilines is 1. The molecule has 1 atom stereocenters. The molecule has 0 spiro atoms. The second-order valence-corrected chi connectivity index (χ2v) is 7.07. The van der Waals surface area contributed by atoms with Gasteiger partial charge in [-0.3, -0.25) is 0 Å². The van der Waals surface area contributed by atoms with Crippen LogP contribution in [0.25, 0.3) is 21.9 Å². The molecule has 0 radical (unpaired) electrons. The van der Waals surface area contributed by atoms with Crippen molar-refractivity contribution in [3.05, 3.63) is 54.7 Å². The van der Waals surface area contributed by atoms with Gasteiger partial charge in [0.05, 0.1) is 23.5 Å². The molecule has 5 nitrogen and oxygen atoms in total. The van der Waals surface area contributed by atoms with Crippen molar-refractivity contribution < 1.29 is 4.74 Å². The summed E-state index contributed by atoms with van der Waals surface area (Å²) in [5.74, 6) is 0.949. The van der Waals surface area contributed by atoms with Gasteiger partial charge in [-0.2, -0.15) is 8.75 Å². The number of hydrogen-bond acceptors (Lipinski definition) is 6. The molecule has 130 valence electrons. The summed E-state index contributed by atoms with van der Waals surface area (Å²) in [7, 11) is 0. The lowest BCUT2D eigenvalue weighted by Crippen LogP contribution is -2.34. The lowest BCUT2D eigenvalue weighted by molar-refractivity contribution is 0.292. The van der Waals surface area contributed by atoms with Crippen LogP contribution in [0.3, 0.4) is 0 Å². The van der Waals surface area contributed by atoms with Crippen molar-refractivity contribution in [2.75, 3.05) is 18.1 Å². The van der Waals surface area contributed by atoms with Crippen molar-refractivity contribution in [2.45, 2.75) is 18.9 Å². The summed E-state index contributed by atoms with van der Waals surface area (Å²) in [4.78, 5) is 6.70. The van der Waals surface area contributed by atoms with Crippen molar-refractivity contribution in [3.63, 3.8) is 0 Å². The molecule has 26 heavy (non-hydrogen) atoms. The fourth-order valence-corrected chi connectivity index (χ4v) is 4.26. The SMILES string of the molecule is c1ccc2c(OC[C@H]3CCCN3c3ccnc4nsnc34)cccc2c1. The molecule has 3 heterocycles. The Balaban J connectivity index is 1.40. The number of rotatable bonds is 4. The van der Waals surface area contributed by atoms with Crippen LogP contribution >= 0.6 is 11.7 Å². The number of fused-ring (bicyclic) bond motifs is 2. The van der Waals surface area contributed by atoms with Gasteiger partial charge in [0.25, 0.3) is 0 Å². The van der Waals surface area contributed by atoms with Crippen LogP contribution < -0.4 is 9.64 Å². The van der Waals surface area contributed by atoms with Gasteiger partial charge < -0.3 is 9.64 Å². The first-order valence-electron chi connectivity index (χ1n) is 8.84. The molecule has 6 heteroatoms. The number of ether oxygens (including phenoxy) is 1. The lowest BCUT2D eigenvalue weighted by atomic mass is 10.1. The molecular formula is C20H18N4OS. The summed E-state index contributed by atoms with van der Waals surface area (Å²) in [6.45, 7) is 1.68. The van der Waals surface area contributed by atoms with E-state index in [4.69, 9.17) is 4.74 Å². The summed E-state index contributed by atoms with van der Waals surface area (Å²) in [6.07, 6.45) is 4.09. The van der Waals surface area contributed by atoms with Crippen LogP contribution in [0.4, 0.5) is 5.69 Å². The molecule has 2 aromatic carbocycles. The minimum absolute atomic E-state index is 0.335. The van der Waals surface area contributed by atoms with Crippen LogP contribution in [-0.4, -0.2) is 32.9 Å². The predicted molar refractivity (Wildman–Crippen MR) is 105 cm³/mol. The Morgan fingerprint density at radius 1 is 1.08 bits per heavy atom. The van der Waals surface area contributed by atoms with E-state index < -0.39 is 0 Å². The summed E-state index contributed by atoms with van der Waals surface area (Å²) < 4.78 is 15.0. The third kappa shape index (κ3) is 2.66. The molecule has 0 N–H and O–H groups in total. The van der Waals surface area contributed by atoms with E-state index in [1.807, 2.05) is 12.3 Å². The maximum atomic E-state index is 6.26. The molecule has 1 fully saturated rings. The van der Waals surface area contributed by atoms with Gasteiger partial charge in [0.1, 0.15) is 17.9 Å². The molecule has 5 rings (SSSR count). The van der Waals surface area contributed by atoms with E-state index in [0.717, 1.165) is 47.4 Å². The summed E-state index contributed by atoms with van der Waals surface area (Å²) in [6, 6.07) is 16.9. The zero-order chi connectivity index (χ0) is 17.3. The first-order valence-corrected chi connectivity index (χ1v) is 9.58. The first-order chi connectivity index (χ1) is 12.9.